The maximum atomic E-state index is 5.78. The third-order valence-corrected chi connectivity index (χ3v) is 3.37. The predicted octanol–water partition coefficient (Wildman–Crippen LogP) is 2.37. The zero-order valence-electron chi connectivity index (χ0n) is 9.77. The molecule has 1 aliphatic rings. The van der Waals surface area contributed by atoms with Crippen LogP contribution in [0, 0.1) is 5.92 Å². The first-order valence-electron chi connectivity index (χ1n) is 6.25. The SMILES string of the molecule is NCC[C@H](Cc1ccccc1)[C@H]1CCCO1. The van der Waals surface area contributed by atoms with Crippen LogP contribution in [0.15, 0.2) is 30.3 Å². The van der Waals surface area contributed by atoms with Gasteiger partial charge < -0.3 is 10.5 Å². The molecule has 88 valence electrons. The molecule has 0 bridgehead atoms. The van der Waals surface area contributed by atoms with Gasteiger partial charge in [0.2, 0.25) is 0 Å². The van der Waals surface area contributed by atoms with Crippen molar-refractivity contribution in [3.63, 3.8) is 0 Å². The van der Waals surface area contributed by atoms with E-state index >= 15 is 0 Å². The second kappa shape index (κ2) is 6.02. The Labute approximate surface area is 97.8 Å². The van der Waals surface area contributed by atoms with Crippen molar-refractivity contribution in [2.75, 3.05) is 13.2 Å². The van der Waals surface area contributed by atoms with Gasteiger partial charge in [0.25, 0.3) is 0 Å². The quantitative estimate of drug-likeness (QED) is 0.825. The molecule has 2 heteroatoms. The zero-order chi connectivity index (χ0) is 11.2. The first-order valence-corrected chi connectivity index (χ1v) is 6.25. The Morgan fingerprint density at radius 3 is 2.75 bits per heavy atom. The maximum Gasteiger partial charge on any atom is 0.0607 e. The summed E-state index contributed by atoms with van der Waals surface area (Å²) >= 11 is 0. The van der Waals surface area contributed by atoms with Gasteiger partial charge in [-0.25, -0.2) is 0 Å². The first-order chi connectivity index (χ1) is 7.90. The van der Waals surface area contributed by atoms with Crippen LogP contribution in [0.1, 0.15) is 24.8 Å². The molecule has 1 aromatic carbocycles. The summed E-state index contributed by atoms with van der Waals surface area (Å²) in [5.74, 6) is 0.592. The molecule has 0 radical (unpaired) electrons. The van der Waals surface area contributed by atoms with Gasteiger partial charge in [-0.05, 0) is 43.7 Å². The highest BCUT2D eigenvalue weighted by atomic mass is 16.5. The lowest BCUT2D eigenvalue weighted by atomic mass is 9.90. The number of hydrogen-bond acceptors (Lipinski definition) is 2. The Bertz CT molecular complexity index is 293. The number of rotatable bonds is 5. The van der Waals surface area contributed by atoms with Crippen molar-refractivity contribution >= 4 is 0 Å². The van der Waals surface area contributed by atoms with E-state index in [1.165, 1.54) is 18.4 Å². The fourth-order valence-corrected chi connectivity index (χ4v) is 2.52. The highest BCUT2D eigenvalue weighted by Gasteiger charge is 2.25. The molecule has 0 amide bonds. The standard InChI is InChI=1S/C14H21NO/c15-9-8-13(14-7-4-10-16-14)11-12-5-2-1-3-6-12/h1-3,5-6,13-14H,4,7-11,15H2/t13-,14-/m1/s1. The lowest BCUT2D eigenvalue weighted by molar-refractivity contribution is 0.0604. The van der Waals surface area contributed by atoms with E-state index in [0.717, 1.165) is 26.0 Å². The highest BCUT2D eigenvalue weighted by Crippen LogP contribution is 2.25. The Kier molecular flexibility index (Phi) is 4.37. The summed E-state index contributed by atoms with van der Waals surface area (Å²) in [5, 5.41) is 0. The van der Waals surface area contributed by atoms with Crippen molar-refractivity contribution in [1.82, 2.24) is 0 Å². The summed E-state index contributed by atoms with van der Waals surface area (Å²) in [6.07, 6.45) is 5.02. The van der Waals surface area contributed by atoms with Crippen molar-refractivity contribution in [1.29, 1.82) is 0 Å². The van der Waals surface area contributed by atoms with Gasteiger partial charge in [0.05, 0.1) is 6.10 Å². The minimum Gasteiger partial charge on any atom is -0.378 e. The first kappa shape index (κ1) is 11.6. The molecule has 2 N–H and O–H groups in total. The number of hydrogen-bond donors (Lipinski definition) is 1. The summed E-state index contributed by atoms with van der Waals surface area (Å²) in [6, 6.07) is 10.7. The Morgan fingerprint density at radius 1 is 1.31 bits per heavy atom. The molecule has 16 heavy (non-hydrogen) atoms. The van der Waals surface area contributed by atoms with Crippen LogP contribution in [-0.2, 0) is 11.2 Å². The third kappa shape index (κ3) is 3.06. The Morgan fingerprint density at radius 2 is 2.12 bits per heavy atom. The van der Waals surface area contributed by atoms with Crippen LogP contribution in [0.25, 0.3) is 0 Å². The third-order valence-electron chi connectivity index (χ3n) is 3.37. The van der Waals surface area contributed by atoms with Crippen molar-refractivity contribution in [2.45, 2.75) is 31.8 Å². The van der Waals surface area contributed by atoms with E-state index in [9.17, 15) is 0 Å². The molecule has 0 aromatic heterocycles. The molecular formula is C14H21NO. The largest absolute Gasteiger partial charge is 0.378 e. The summed E-state index contributed by atoms with van der Waals surface area (Å²) in [4.78, 5) is 0. The lowest BCUT2D eigenvalue weighted by Crippen LogP contribution is -2.24. The molecule has 2 atom stereocenters. The average molecular weight is 219 g/mol. The molecule has 1 aromatic rings. The Balaban J connectivity index is 1.96. The van der Waals surface area contributed by atoms with Gasteiger partial charge in [-0.1, -0.05) is 30.3 Å². The number of benzene rings is 1. The van der Waals surface area contributed by atoms with Crippen molar-refractivity contribution in [2.24, 2.45) is 11.7 Å². The van der Waals surface area contributed by atoms with E-state index in [2.05, 4.69) is 30.3 Å². The monoisotopic (exact) mass is 219 g/mol. The van der Waals surface area contributed by atoms with Crippen molar-refractivity contribution in [3.05, 3.63) is 35.9 Å². The van der Waals surface area contributed by atoms with Gasteiger partial charge >= 0.3 is 0 Å². The predicted molar refractivity (Wildman–Crippen MR) is 66.3 cm³/mol. The van der Waals surface area contributed by atoms with Gasteiger partial charge in [0.15, 0.2) is 0 Å². The second-order valence-corrected chi connectivity index (χ2v) is 4.58. The van der Waals surface area contributed by atoms with Crippen LogP contribution < -0.4 is 5.73 Å². The average Bonchev–Trinajstić information content (AvgIpc) is 2.83. The summed E-state index contributed by atoms with van der Waals surface area (Å²) in [7, 11) is 0. The van der Waals surface area contributed by atoms with Crippen LogP contribution in [0.2, 0.25) is 0 Å². The minimum absolute atomic E-state index is 0.434. The fourth-order valence-electron chi connectivity index (χ4n) is 2.52. The number of nitrogens with two attached hydrogens (primary N) is 1. The van der Waals surface area contributed by atoms with Crippen LogP contribution in [-0.4, -0.2) is 19.3 Å². The molecule has 2 nitrogen and oxygen atoms in total. The minimum atomic E-state index is 0.434. The van der Waals surface area contributed by atoms with Gasteiger partial charge in [-0.15, -0.1) is 0 Å². The van der Waals surface area contributed by atoms with Crippen LogP contribution >= 0.6 is 0 Å². The van der Waals surface area contributed by atoms with E-state index < -0.39 is 0 Å². The molecule has 1 saturated heterocycles. The van der Waals surface area contributed by atoms with E-state index in [4.69, 9.17) is 10.5 Å². The molecule has 1 aliphatic heterocycles. The maximum absolute atomic E-state index is 5.78. The van der Waals surface area contributed by atoms with Gasteiger partial charge in [0, 0.05) is 6.61 Å². The summed E-state index contributed by atoms with van der Waals surface area (Å²) in [6.45, 7) is 1.69. The van der Waals surface area contributed by atoms with Gasteiger partial charge in [-0.2, -0.15) is 0 Å². The molecule has 0 saturated carbocycles. The number of ether oxygens (including phenoxy) is 1. The topological polar surface area (TPSA) is 35.2 Å². The van der Waals surface area contributed by atoms with Gasteiger partial charge in [0.1, 0.15) is 0 Å². The molecular weight excluding hydrogens is 198 g/mol. The normalized spacial score (nSPS) is 22.2. The molecule has 0 spiro atoms. The Hall–Kier alpha value is -0.860. The zero-order valence-corrected chi connectivity index (χ0v) is 9.77. The highest BCUT2D eigenvalue weighted by molar-refractivity contribution is 5.15. The van der Waals surface area contributed by atoms with Crippen LogP contribution in [0.3, 0.4) is 0 Å². The molecule has 2 rings (SSSR count). The van der Waals surface area contributed by atoms with E-state index in [-0.39, 0.29) is 0 Å². The van der Waals surface area contributed by atoms with Crippen molar-refractivity contribution < 1.29 is 4.74 Å². The van der Waals surface area contributed by atoms with Crippen LogP contribution in [0.5, 0.6) is 0 Å². The molecule has 1 heterocycles. The van der Waals surface area contributed by atoms with E-state index in [0.29, 0.717) is 12.0 Å². The van der Waals surface area contributed by atoms with Crippen molar-refractivity contribution in [3.8, 4) is 0 Å². The smallest absolute Gasteiger partial charge is 0.0607 e. The molecule has 0 aliphatic carbocycles. The molecule has 0 unspecified atom stereocenters. The van der Waals surface area contributed by atoms with Crippen LogP contribution in [0.4, 0.5) is 0 Å². The van der Waals surface area contributed by atoms with E-state index in [1.54, 1.807) is 0 Å². The second-order valence-electron chi connectivity index (χ2n) is 4.58. The molecule has 1 fully saturated rings. The summed E-state index contributed by atoms with van der Waals surface area (Å²) in [5.41, 5.74) is 7.09. The van der Waals surface area contributed by atoms with Gasteiger partial charge in [-0.3, -0.25) is 0 Å². The fraction of sp³-hybridized carbons (Fsp3) is 0.571. The summed E-state index contributed by atoms with van der Waals surface area (Å²) < 4.78 is 5.78. The van der Waals surface area contributed by atoms with E-state index in [1.807, 2.05) is 0 Å². The lowest BCUT2D eigenvalue weighted by Gasteiger charge is -2.22.